The highest BCUT2D eigenvalue weighted by molar-refractivity contribution is 6.33. The first-order valence-corrected chi connectivity index (χ1v) is 8.69. The van der Waals surface area contributed by atoms with Gasteiger partial charge in [0, 0.05) is 13.1 Å². The zero-order valence-corrected chi connectivity index (χ0v) is 14.2. The van der Waals surface area contributed by atoms with Crippen LogP contribution in [0.15, 0.2) is 24.3 Å². The number of halogens is 1. The van der Waals surface area contributed by atoms with Gasteiger partial charge in [0.15, 0.2) is 0 Å². The zero-order valence-electron chi connectivity index (χ0n) is 13.4. The molecule has 3 rings (SSSR count). The highest BCUT2D eigenvalue weighted by Gasteiger charge is 2.35. The van der Waals surface area contributed by atoms with Crippen LogP contribution in [-0.4, -0.2) is 43.2 Å². The molecule has 0 saturated carbocycles. The van der Waals surface area contributed by atoms with Gasteiger partial charge in [-0.05, 0) is 37.8 Å². The van der Waals surface area contributed by atoms with Crippen LogP contribution < -0.4 is 16.0 Å². The summed E-state index contributed by atoms with van der Waals surface area (Å²) < 4.78 is 5.60. The first-order valence-electron chi connectivity index (χ1n) is 8.32. The number of nitrogens with two attached hydrogens (primary N) is 1. The van der Waals surface area contributed by atoms with E-state index in [-0.39, 0.29) is 17.9 Å². The van der Waals surface area contributed by atoms with E-state index in [1.165, 1.54) is 0 Å². The van der Waals surface area contributed by atoms with Gasteiger partial charge in [-0.25, -0.2) is 0 Å². The Morgan fingerprint density at radius 3 is 2.83 bits per heavy atom. The second-order valence-corrected chi connectivity index (χ2v) is 6.61. The van der Waals surface area contributed by atoms with E-state index >= 15 is 0 Å². The van der Waals surface area contributed by atoms with E-state index in [0.717, 1.165) is 12.8 Å². The smallest absolute Gasteiger partial charge is 0.249 e. The van der Waals surface area contributed by atoms with E-state index in [2.05, 4.69) is 5.32 Å². The lowest BCUT2D eigenvalue weighted by Gasteiger charge is -2.33. The Balaban J connectivity index is 1.65. The predicted octanol–water partition coefficient (Wildman–Crippen LogP) is 1.46. The summed E-state index contributed by atoms with van der Waals surface area (Å²) in [6, 6.07) is 6.70. The second-order valence-electron chi connectivity index (χ2n) is 6.20. The Kier molecular flexibility index (Phi) is 5.38. The largest absolute Gasteiger partial charge is 0.364 e. The number of piperidine rings is 1. The van der Waals surface area contributed by atoms with Gasteiger partial charge < -0.3 is 20.7 Å². The van der Waals surface area contributed by atoms with Crippen LogP contribution in [0.2, 0.25) is 5.02 Å². The summed E-state index contributed by atoms with van der Waals surface area (Å²) in [5.74, 6) is -0.360. The van der Waals surface area contributed by atoms with Gasteiger partial charge in [-0.3, -0.25) is 9.59 Å². The first kappa shape index (κ1) is 17.2. The lowest BCUT2D eigenvalue weighted by atomic mass is 10.0. The average Bonchev–Trinajstić information content (AvgIpc) is 3.07. The number of carbonyl (C=O) groups excluding carboxylic acids is 2. The Morgan fingerprint density at radius 1 is 1.33 bits per heavy atom. The number of nitrogens with zero attached hydrogens (tertiary/aromatic N) is 1. The van der Waals surface area contributed by atoms with Crippen LogP contribution in [0.3, 0.4) is 0 Å². The maximum Gasteiger partial charge on any atom is 0.249 e. The number of carbonyl (C=O) groups is 2. The molecule has 1 unspecified atom stereocenters. The predicted molar refractivity (Wildman–Crippen MR) is 91.9 cm³/mol. The maximum atomic E-state index is 12.7. The van der Waals surface area contributed by atoms with Crippen molar-refractivity contribution in [3.05, 3.63) is 29.3 Å². The molecule has 0 spiro atoms. The third-order valence-corrected chi connectivity index (χ3v) is 4.88. The van der Waals surface area contributed by atoms with Gasteiger partial charge in [0.2, 0.25) is 11.8 Å². The van der Waals surface area contributed by atoms with Crippen molar-refractivity contribution in [1.82, 2.24) is 5.32 Å². The van der Waals surface area contributed by atoms with Gasteiger partial charge in [-0.15, -0.1) is 0 Å². The number of para-hydroxylation sites is 1. The van der Waals surface area contributed by atoms with E-state index in [1.807, 2.05) is 18.2 Å². The van der Waals surface area contributed by atoms with Crippen molar-refractivity contribution in [1.29, 1.82) is 0 Å². The lowest BCUT2D eigenvalue weighted by Crippen LogP contribution is -2.54. The van der Waals surface area contributed by atoms with Gasteiger partial charge in [0.25, 0.3) is 0 Å². The van der Waals surface area contributed by atoms with E-state index in [0.29, 0.717) is 36.6 Å². The SMILES string of the molecule is NC[C@H]1CC[C@@H](C(=O)NC2CCCN(c3ccccc3Cl)C2=O)O1. The van der Waals surface area contributed by atoms with Crippen molar-refractivity contribution in [2.75, 3.05) is 18.0 Å². The van der Waals surface area contributed by atoms with Gasteiger partial charge in [-0.1, -0.05) is 23.7 Å². The summed E-state index contributed by atoms with van der Waals surface area (Å²) in [5.41, 5.74) is 6.25. The molecule has 0 radical (unpaired) electrons. The minimum Gasteiger partial charge on any atom is -0.364 e. The van der Waals surface area contributed by atoms with E-state index in [9.17, 15) is 9.59 Å². The van der Waals surface area contributed by atoms with Crippen molar-refractivity contribution >= 4 is 29.1 Å². The molecule has 2 amide bonds. The molecule has 2 heterocycles. The van der Waals surface area contributed by atoms with Crippen molar-refractivity contribution in [2.24, 2.45) is 5.73 Å². The third-order valence-electron chi connectivity index (χ3n) is 4.56. The number of nitrogens with one attached hydrogen (secondary N) is 1. The number of hydrogen-bond donors (Lipinski definition) is 2. The molecule has 2 saturated heterocycles. The molecule has 1 aromatic rings. The van der Waals surface area contributed by atoms with Crippen LogP contribution in [0.4, 0.5) is 5.69 Å². The number of ether oxygens (including phenoxy) is 1. The number of amides is 2. The van der Waals surface area contributed by atoms with E-state index in [4.69, 9.17) is 22.1 Å². The summed E-state index contributed by atoms with van der Waals surface area (Å²) in [6.45, 7) is 1.01. The minimum atomic E-state index is -0.539. The monoisotopic (exact) mass is 351 g/mol. The van der Waals surface area contributed by atoms with Crippen molar-refractivity contribution in [3.8, 4) is 0 Å². The maximum absolute atomic E-state index is 12.7. The molecule has 0 bridgehead atoms. The molecule has 1 aromatic carbocycles. The third kappa shape index (κ3) is 3.55. The molecule has 24 heavy (non-hydrogen) atoms. The quantitative estimate of drug-likeness (QED) is 0.860. The number of rotatable bonds is 4. The van der Waals surface area contributed by atoms with Crippen LogP contribution >= 0.6 is 11.6 Å². The van der Waals surface area contributed by atoms with Crippen LogP contribution in [-0.2, 0) is 14.3 Å². The molecule has 2 fully saturated rings. The van der Waals surface area contributed by atoms with Crippen LogP contribution in [0.5, 0.6) is 0 Å². The van der Waals surface area contributed by atoms with Crippen LogP contribution in [0.25, 0.3) is 0 Å². The number of benzene rings is 1. The minimum absolute atomic E-state index is 0.0672. The fourth-order valence-electron chi connectivity index (χ4n) is 3.26. The Morgan fingerprint density at radius 2 is 2.12 bits per heavy atom. The molecule has 0 aromatic heterocycles. The Hall–Kier alpha value is -1.63. The average molecular weight is 352 g/mol. The molecule has 6 nitrogen and oxygen atoms in total. The fourth-order valence-corrected chi connectivity index (χ4v) is 3.49. The summed E-state index contributed by atoms with van der Waals surface area (Å²) in [5, 5.41) is 3.37. The summed E-state index contributed by atoms with van der Waals surface area (Å²) in [4.78, 5) is 26.7. The zero-order chi connectivity index (χ0) is 17.1. The van der Waals surface area contributed by atoms with E-state index in [1.54, 1.807) is 11.0 Å². The van der Waals surface area contributed by atoms with E-state index < -0.39 is 12.1 Å². The second kappa shape index (κ2) is 7.51. The normalized spacial score (nSPS) is 27.3. The van der Waals surface area contributed by atoms with Crippen LogP contribution in [0.1, 0.15) is 25.7 Å². The van der Waals surface area contributed by atoms with Gasteiger partial charge in [0.1, 0.15) is 12.1 Å². The highest BCUT2D eigenvalue weighted by Crippen LogP contribution is 2.28. The molecule has 0 aliphatic carbocycles. The van der Waals surface area contributed by atoms with Crippen molar-refractivity contribution in [3.63, 3.8) is 0 Å². The molecule has 2 aliphatic rings. The molecule has 3 atom stereocenters. The number of anilines is 1. The fraction of sp³-hybridized carbons (Fsp3) is 0.529. The molecule has 2 aliphatic heterocycles. The van der Waals surface area contributed by atoms with Gasteiger partial charge in [0.05, 0.1) is 16.8 Å². The topological polar surface area (TPSA) is 84.7 Å². The van der Waals surface area contributed by atoms with Crippen LogP contribution in [0, 0.1) is 0 Å². The highest BCUT2D eigenvalue weighted by atomic mass is 35.5. The molecule has 7 heteroatoms. The summed E-state index contributed by atoms with van der Waals surface area (Å²) in [7, 11) is 0. The van der Waals surface area contributed by atoms with Gasteiger partial charge >= 0.3 is 0 Å². The Bertz CT molecular complexity index is 625. The lowest BCUT2D eigenvalue weighted by molar-refractivity contribution is -0.135. The standard InChI is InChI=1S/C17H22ClN3O3/c18-12-4-1-2-6-14(12)21-9-3-5-13(17(21)23)20-16(22)15-8-7-11(10-19)24-15/h1-2,4,6,11,13,15H,3,5,7-10,19H2,(H,20,22)/t11-,13?,15+/m1/s1. The summed E-state index contributed by atoms with van der Waals surface area (Å²) >= 11 is 6.20. The first-order chi connectivity index (χ1) is 11.6. The number of hydrogen-bond acceptors (Lipinski definition) is 4. The molecular weight excluding hydrogens is 330 g/mol. The van der Waals surface area contributed by atoms with Crippen molar-refractivity contribution in [2.45, 2.75) is 43.9 Å². The molecular formula is C17H22ClN3O3. The van der Waals surface area contributed by atoms with Crippen molar-refractivity contribution < 1.29 is 14.3 Å². The molecule has 3 N–H and O–H groups in total. The summed E-state index contributed by atoms with van der Waals surface area (Å²) in [6.07, 6.45) is 2.27. The Labute approximate surface area is 146 Å². The molecule has 130 valence electrons. The van der Waals surface area contributed by atoms with Gasteiger partial charge in [-0.2, -0.15) is 0 Å².